The van der Waals surface area contributed by atoms with E-state index in [1.165, 1.54) is 17.5 Å². The van der Waals surface area contributed by atoms with Gasteiger partial charge < -0.3 is 5.32 Å². The molecule has 0 spiro atoms. The van der Waals surface area contributed by atoms with Gasteiger partial charge in [-0.05, 0) is 53.9 Å². The third-order valence-corrected chi connectivity index (χ3v) is 6.23. The Bertz CT molecular complexity index is 513. The molecule has 0 bridgehead atoms. The summed E-state index contributed by atoms with van der Waals surface area (Å²) in [5, 5.41) is 3.35. The van der Waals surface area contributed by atoms with Crippen molar-refractivity contribution in [1.82, 2.24) is 10.0 Å². The second kappa shape index (κ2) is 6.00. The van der Waals surface area contributed by atoms with Crippen molar-refractivity contribution in [2.75, 3.05) is 19.3 Å². The van der Waals surface area contributed by atoms with Gasteiger partial charge in [-0.1, -0.05) is 0 Å². The second-order valence-electron chi connectivity index (χ2n) is 4.35. The number of hydrogen-bond donors (Lipinski definition) is 2. The Balaban J connectivity index is 1.95. The summed E-state index contributed by atoms with van der Waals surface area (Å²) in [5.41, 5.74) is 1.33. The molecule has 7 heteroatoms. The minimum atomic E-state index is -3.11. The van der Waals surface area contributed by atoms with Crippen LogP contribution in [-0.4, -0.2) is 27.8 Å². The van der Waals surface area contributed by atoms with Crippen molar-refractivity contribution < 1.29 is 8.42 Å². The van der Waals surface area contributed by atoms with Gasteiger partial charge >= 0.3 is 0 Å². The van der Waals surface area contributed by atoms with E-state index >= 15 is 0 Å². The molecule has 1 heterocycles. The molecule has 0 amide bonds. The molecule has 2 rings (SSSR count). The van der Waals surface area contributed by atoms with Crippen LogP contribution in [0.25, 0.3) is 0 Å². The molecule has 1 unspecified atom stereocenters. The van der Waals surface area contributed by atoms with Crippen LogP contribution in [0.15, 0.2) is 9.85 Å². The first-order valence-corrected chi connectivity index (χ1v) is 9.21. The third-order valence-electron chi connectivity index (χ3n) is 3.16. The summed E-state index contributed by atoms with van der Waals surface area (Å²) in [5.74, 6) is 0.126. The minimum Gasteiger partial charge on any atom is -0.309 e. The maximum absolute atomic E-state index is 11.3. The predicted octanol–water partition coefficient (Wildman–Crippen LogP) is 2.03. The van der Waals surface area contributed by atoms with E-state index in [4.69, 9.17) is 0 Å². The standard InChI is InChI=1S/C11H17BrN2O2S2/c1-13-18(15,16)6-5-14-9-3-2-4-10-8(9)7-11(12)17-10/h7,9,13-14H,2-6H2,1H3. The summed E-state index contributed by atoms with van der Waals surface area (Å²) >= 11 is 5.30. The van der Waals surface area contributed by atoms with Gasteiger partial charge in [-0.3, -0.25) is 0 Å². The number of fused-ring (bicyclic) bond motifs is 1. The molecule has 1 aromatic rings. The number of aryl methyl sites for hydroxylation is 1. The number of hydrogen-bond acceptors (Lipinski definition) is 4. The molecule has 1 aliphatic carbocycles. The summed E-state index contributed by atoms with van der Waals surface area (Å²) in [6, 6.07) is 2.45. The molecule has 4 nitrogen and oxygen atoms in total. The molecule has 1 aromatic heterocycles. The van der Waals surface area contributed by atoms with Crippen LogP contribution in [-0.2, 0) is 16.4 Å². The summed E-state index contributed by atoms with van der Waals surface area (Å²) in [4.78, 5) is 1.42. The molecular weight excluding hydrogens is 336 g/mol. The first-order valence-electron chi connectivity index (χ1n) is 5.94. The monoisotopic (exact) mass is 352 g/mol. The van der Waals surface area contributed by atoms with Crippen LogP contribution in [0.3, 0.4) is 0 Å². The summed E-state index contributed by atoms with van der Waals surface area (Å²) in [6.45, 7) is 0.487. The van der Waals surface area contributed by atoms with Gasteiger partial charge in [0.15, 0.2) is 0 Å². The Morgan fingerprint density at radius 2 is 2.33 bits per heavy atom. The van der Waals surface area contributed by atoms with Gasteiger partial charge in [0.25, 0.3) is 0 Å². The fourth-order valence-electron chi connectivity index (χ4n) is 2.20. The van der Waals surface area contributed by atoms with E-state index in [9.17, 15) is 8.42 Å². The molecule has 0 fully saturated rings. The zero-order valence-electron chi connectivity index (χ0n) is 10.2. The van der Waals surface area contributed by atoms with Crippen molar-refractivity contribution in [3.63, 3.8) is 0 Å². The van der Waals surface area contributed by atoms with Gasteiger partial charge in [0.1, 0.15) is 0 Å². The topological polar surface area (TPSA) is 58.2 Å². The zero-order valence-corrected chi connectivity index (χ0v) is 13.4. The van der Waals surface area contributed by atoms with Crippen molar-refractivity contribution in [3.8, 4) is 0 Å². The number of nitrogens with one attached hydrogen (secondary N) is 2. The Morgan fingerprint density at radius 1 is 1.56 bits per heavy atom. The van der Waals surface area contributed by atoms with E-state index in [1.54, 1.807) is 11.3 Å². The van der Waals surface area contributed by atoms with E-state index < -0.39 is 10.0 Å². The van der Waals surface area contributed by atoms with Gasteiger partial charge in [0, 0.05) is 17.5 Å². The third kappa shape index (κ3) is 3.54. The van der Waals surface area contributed by atoms with Crippen molar-refractivity contribution in [3.05, 3.63) is 20.3 Å². The largest absolute Gasteiger partial charge is 0.309 e. The van der Waals surface area contributed by atoms with Gasteiger partial charge in [0.05, 0.1) is 9.54 Å². The summed E-state index contributed by atoms with van der Waals surface area (Å²) in [6.07, 6.45) is 3.38. The molecule has 2 N–H and O–H groups in total. The Kier molecular flexibility index (Phi) is 4.82. The van der Waals surface area contributed by atoms with E-state index in [0.29, 0.717) is 12.6 Å². The SMILES string of the molecule is CNS(=O)(=O)CCNC1CCCc2sc(Br)cc21. The van der Waals surface area contributed by atoms with Crippen LogP contribution >= 0.6 is 27.3 Å². The van der Waals surface area contributed by atoms with E-state index in [-0.39, 0.29) is 5.75 Å². The molecule has 0 aromatic carbocycles. The highest BCUT2D eigenvalue weighted by Gasteiger charge is 2.22. The van der Waals surface area contributed by atoms with Crippen molar-refractivity contribution in [2.24, 2.45) is 0 Å². The number of rotatable bonds is 5. The molecule has 0 radical (unpaired) electrons. The van der Waals surface area contributed by atoms with Crippen LogP contribution in [0.4, 0.5) is 0 Å². The molecule has 0 aliphatic heterocycles. The highest BCUT2D eigenvalue weighted by molar-refractivity contribution is 9.11. The van der Waals surface area contributed by atoms with E-state index in [2.05, 4.69) is 32.0 Å². The first kappa shape index (κ1) is 14.5. The van der Waals surface area contributed by atoms with E-state index in [1.807, 2.05) is 0 Å². The average Bonchev–Trinajstić information content (AvgIpc) is 2.70. The molecule has 0 saturated carbocycles. The minimum absolute atomic E-state index is 0.126. The quantitative estimate of drug-likeness (QED) is 0.852. The van der Waals surface area contributed by atoms with Crippen molar-refractivity contribution in [1.29, 1.82) is 0 Å². The highest BCUT2D eigenvalue weighted by Crippen LogP contribution is 2.37. The average molecular weight is 353 g/mol. The normalized spacial score (nSPS) is 19.8. The lowest BCUT2D eigenvalue weighted by Crippen LogP contribution is -2.32. The van der Waals surface area contributed by atoms with Crippen LogP contribution in [0.5, 0.6) is 0 Å². The van der Waals surface area contributed by atoms with Crippen molar-refractivity contribution >= 4 is 37.3 Å². The number of halogens is 1. The molecule has 1 aliphatic rings. The second-order valence-corrected chi connectivity index (χ2v) is 8.91. The van der Waals surface area contributed by atoms with Gasteiger partial charge in [-0.25, -0.2) is 13.1 Å². The lowest BCUT2D eigenvalue weighted by atomic mass is 9.94. The predicted molar refractivity (Wildman–Crippen MR) is 78.5 cm³/mol. The molecular formula is C11H17BrN2O2S2. The highest BCUT2D eigenvalue weighted by atomic mass is 79.9. The fraction of sp³-hybridized carbons (Fsp3) is 0.636. The smallest absolute Gasteiger partial charge is 0.212 e. The van der Waals surface area contributed by atoms with Gasteiger partial charge in [0.2, 0.25) is 10.0 Å². The van der Waals surface area contributed by atoms with Crippen LogP contribution in [0, 0.1) is 0 Å². The van der Waals surface area contributed by atoms with Crippen molar-refractivity contribution in [2.45, 2.75) is 25.3 Å². The summed E-state index contributed by atoms with van der Waals surface area (Å²) < 4.78 is 26.2. The summed E-state index contributed by atoms with van der Waals surface area (Å²) in [7, 11) is -1.66. The Morgan fingerprint density at radius 3 is 3.06 bits per heavy atom. The molecule has 18 heavy (non-hydrogen) atoms. The maximum Gasteiger partial charge on any atom is 0.212 e. The molecule has 1 atom stereocenters. The maximum atomic E-state index is 11.3. The van der Waals surface area contributed by atoms with Crippen LogP contribution in [0.2, 0.25) is 0 Å². The Labute approximate surface area is 120 Å². The fourth-order valence-corrected chi connectivity index (χ4v) is 4.61. The number of thiophene rings is 1. The molecule has 0 saturated heterocycles. The first-order chi connectivity index (χ1) is 8.52. The zero-order chi connectivity index (χ0) is 13.2. The van der Waals surface area contributed by atoms with Crippen LogP contribution in [0.1, 0.15) is 29.3 Å². The van der Waals surface area contributed by atoms with Gasteiger partial charge in [-0.15, -0.1) is 11.3 Å². The Hall–Kier alpha value is 0.0500. The lowest BCUT2D eigenvalue weighted by Gasteiger charge is -2.23. The number of sulfonamides is 1. The van der Waals surface area contributed by atoms with E-state index in [0.717, 1.165) is 23.0 Å². The lowest BCUT2D eigenvalue weighted by molar-refractivity contribution is 0.474. The van der Waals surface area contributed by atoms with Crippen LogP contribution < -0.4 is 10.0 Å². The van der Waals surface area contributed by atoms with Gasteiger partial charge in [-0.2, -0.15) is 0 Å². The molecule has 102 valence electrons.